The number of carbonyl (C=O) groups is 2. The average molecular weight is 524 g/mol. The van der Waals surface area contributed by atoms with E-state index in [1.165, 1.54) is 24.4 Å². The van der Waals surface area contributed by atoms with E-state index < -0.39 is 24.2 Å². The van der Waals surface area contributed by atoms with Crippen LogP contribution in [-0.2, 0) is 5.54 Å². The number of rotatable bonds is 7. The highest BCUT2D eigenvalue weighted by molar-refractivity contribution is 6.03. The van der Waals surface area contributed by atoms with E-state index in [2.05, 4.69) is 25.3 Å². The van der Waals surface area contributed by atoms with E-state index in [0.29, 0.717) is 29.9 Å². The van der Waals surface area contributed by atoms with Crippen molar-refractivity contribution in [1.82, 2.24) is 19.7 Å². The van der Waals surface area contributed by atoms with Crippen molar-refractivity contribution in [2.24, 2.45) is 0 Å². The smallest absolute Gasteiger partial charge is 0.422 e. The molecule has 0 radical (unpaired) electrons. The molecule has 1 aliphatic carbocycles. The van der Waals surface area contributed by atoms with E-state index >= 15 is 0 Å². The van der Waals surface area contributed by atoms with E-state index in [4.69, 9.17) is 0 Å². The Kier molecular flexibility index (Phi) is 6.52. The lowest BCUT2D eigenvalue weighted by Crippen LogP contribution is -2.51. The molecule has 0 spiro atoms. The lowest BCUT2D eigenvalue weighted by Gasteiger charge is -2.43. The first-order chi connectivity index (χ1) is 18.1. The zero-order valence-corrected chi connectivity index (χ0v) is 20.4. The summed E-state index contributed by atoms with van der Waals surface area (Å²) in [5, 5.41) is 5.86. The van der Waals surface area contributed by atoms with Crippen molar-refractivity contribution in [3.63, 3.8) is 0 Å². The molecule has 0 aliphatic heterocycles. The summed E-state index contributed by atoms with van der Waals surface area (Å²) in [6.07, 6.45) is 1.09. The maximum atomic E-state index is 12.9. The number of ether oxygens (including phenoxy) is 1. The molecule has 196 valence electrons. The van der Waals surface area contributed by atoms with Crippen LogP contribution in [0.15, 0.2) is 67.0 Å². The van der Waals surface area contributed by atoms with Crippen molar-refractivity contribution in [1.29, 1.82) is 0 Å². The molecule has 1 aliphatic rings. The molecule has 0 bridgehead atoms. The van der Waals surface area contributed by atoms with E-state index in [0.717, 1.165) is 17.5 Å². The highest BCUT2D eigenvalue weighted by atomic mass is 19.4. The molecule has 11 heteroatoms. The van der Waals surface area contributed by atoms with Crippen LogP contribution < -0.4 is 15.4 Å². The van der Waals surface area contributed by atoms with Crippen LogP contribution in [-0.4, -0.2) is 39.0 Å². The molecular weight excluding hydrogens is 499 g/mol. The maximum Gasteiger partial charge on any atom is 0.422 e. The highest BCUT2D eigenvalue weighted by Gasteiger charge is 2.40. The van der Waals surface area contributed by atoms with E-state index in [-0.39, 0.29) is 17.5 Å². The number of fused-ring (bicyclic) bond motifs is 1. The third kappa shape index (κ3) is 5.31. The fraction of sp³-hybridized carbons (Fsp3) is 0.259. The fourth-order valence-corrected chi connectivity index (χ4v) is 4.39. The summed E-state index contributed by atoms with van der Waals surface area (Å²) >= 11 is 0. The fourth-order valence-electron chi connectivity index (χ4n) is 4.39. The standard InChI is InChI=1S/C27H24F3N5O3/c1-17-10-13-35-21(15-31-22(35)14-17)25(37)32-19-8-6-18(7-9-19)26(11-3-12-26)34-24(36)20-4-2-5-23(33-20)38-16-27(28,29)30/h2,4-10,13-15H,3,11-12,16H2,1H3,(H,32,37)(H,34,36). The highest BCUT2D eigenvalue weighted by Crippen LogP contribution is 2.41. The first-order valence-corrected chi connectivity index (χ1v) is 12.0. The van der Waals surface area contributed by atoms with Crippen LogP contribution in [0, 0.1) is 6.92 Å². The van der Waals surface area contributed by atoms with Crippen molar-refractivity contribution in [3.8, 4) is 5.88 Å². The minimum Gasteiger partial charge on any atom is -0.468 e. The maximum absolute atomic E-state index is 12.9. The topological polar surface area (TPSA) is 97.6 Å². The number of alkyl halides is 3. The lowest BCUT2D eigenvalue weighted by molar-refractivity contribution is -0.154. The van der Waals surface area contributed by atoms with Gasteiger partial charge < -0.3 is 15.4 Å². The molecule has 2 N–H and O–H groups in total. The third-order valence-corrected chi connectivity index (χ3v) is 6.50. The van der Waals surface area contributed by atoms with E-state index in [1.54, 1.807) is 22.7 Å². The Bertz CT molecular complexity index is 1490. The second-order valence-electron chi connectivity index (χ2n) is 9.26. The minimum atomic E-state index is -4.51. The number of amides is 2. The summed E-state index contributed by atoms with van der Waals surface area (Å²) in [6.45, 7) is 0.461. The monoisotopic (exact) mass is 523 g/mol. The van der Waals surface area contributed by atoms with Crippen LogP contribution in [0.4, 0.5) is 18.9 Å². The molecule has 5 rings (SSSR count). The predicted molar refractivity (Wildman–Crippen MR) is 133 cm³/mol. The summed E-state index contributed by atoms with van der Waals surface area (Å²) in [4.78, 5) is 34.0. The van der Waals surface area contributed by atoms with Gasteiger partial charge in [-0.15, -0.1) is 0 Å². The number of halogens is 3. The van der Waals surface area contributed by atoms with Gasteiger partial charge in [-0.3, -0.25) is 14.0 Å². The van der Waals surface area contributed by atoms with E-state index in [1.807, 2.05) is 31.2 Å². The zero-order valence-electron chi connectivity index (χ0n) is 20.4. The minimum absolute atomic E-state index is 0.0388. The molecule has 3 heterocycles. The van der Waals surface area contributed by atoms with Crippen molar-refractivity contribution in [3.05, 3.63) is 89.5 Å². The average Bonchev–Trinajstić information content (AvgIpc) is 3.28. The second kappa shape index (κ2) is 9.81. The van der Waals surface area contributed by atoms with Gasteiger partial charge in [-0.05, 0) is 67.6 Å². The van der Waals surface area contributed by atoms with Crippen LogP contribution >= 0.6 is 0 Å². The Hall–Kier alpha value is -4.41. The molecule has 1 saturated carbocycles. The summed E-state index contributed by atoms with van der Waals surface area (Å²) in [5.41, 5.74) is 2.89. The van der Waals surface area contributed by atoms with Crippen molar-refractivity contribution in [2.75, 3.05) is 11.9 Å². The lowest BCUT2D eigenvalue weighted by atomic mass is 9.71. The number of pyridine rings is 2. The summed E-state index contributed by atoms with van der Waals surface area (Å²) in [6, 6.07) is 15.1. The van der Waals surface area contributed by atoms with Gasteiger partial charge in [0.25, 0.3) is 11.8 Å². The molecule has 3 aromatic heterocycles. The molecule has 38 heavy (non-hydrogen) atoms. The first-order valence-electron chi connectivity index (χ1n) is 12.0. The number of carbonyl (C=O) groups excluding carboxylic acids is 2. The van der Waals surface area contributed by atoms with Gasteiger partial charge >= 0.3 is 6.18 Å². The van der Waals surface area contributed by atoms with E-state index in [9.17, 15) is 22.8 Å². The summed E-state index contributed by atoms with van der Waals surface area (Å²) in [7, 11) is 0. The zero-order chi connectivity index (χ0) is 26.9. The molecule has 0 atom stereocenters. The summed E-state index contributed by atoms with van der Waals surface area (Å²) < 4.78 is 43.7. The molecule has 1 fully saturated rings. The number of hydrogen-bond acceptors (Lipinski definition) is 5. The Morgan fingerprint density at radius 3 is 2.53 bits per heavy atom. The Morgan fingerprint density at radius 1 is 1.08 bits per heavy atom. The first kappa shape index (κ1) is 25.2. The van der Waals surface area contributed by atoms with Gasteiger partial charge in [0.2, 0.25) is 5.88 Å². The molecule has 0 unspecified atom stereocenters. The van der Waals surface area contributed by atoms with Gasteiger partial charge in [-0.1, -0.05) is 18.2 Å². The Morgan fingerprint density at radius 2 is 1.84 bits per heavy atom. The van der Waals surface area contributed by atoms with Crippen molar-refractivity contribution >= 4 is 23.1 Å². The number of benzene rings is 1. The quantitative estimate of drug-likeness (QED) is 0.354. The third-order valence-electron chi connectivity index (χ3n) is 6.50. The number of aryl methyl sites for hydroxylation is 1. The molecule has 0 saturated heterocycles. The van der Waals surface area contributed by atoms with Crippen LogP contribution in [0.2, 0.25) is 0 Å². The number of aromatic nitrogens is 3. The molecule has 8 nitrogen and oxygen atoms in total. The van der Waals surface area contributed by atoms with Gasteiger partial charge in [0.15, 0.2) is 6.61 Å². The Balaban J connectivity index is 1.27. The molecule has 1 aromatic carbocycles. The van der Waals surface area contributed by atoms with Crippen LogP contribution in [0.5, 0.6) is 5.88 Å². The van der Waals surface area contributed by atoms with Crippen molar-refractivity contribution < 1.29 is 27.5 Å². The van der Waals surface area contributed by atoms with Gasteiger partial charge in [-0.25, -0.2) is 9.97 Å². The largest absolute Gasteiger partial charge is 0.468 e. The second-order valence-corrected chi connectivity index (χ2v) is 9.26. The normalized spacial score (nSPS) is 14.5. The predicted octanol–water partition coefficient (Wildman–Crippen LogP) is 5.04. The molecular formula is C27H24F3N5O3. The molecule has 4 aromatic rings. The number of nitrogens with zero attached hydrogens (tertiary/aromatic N) is 3. The Labute approximate surface area is 215 Å². The summed E-state index contributed by atoms with van der Waals surface area (Å²) in [5.74, 6) is -1.10. The number of hydrogen-bond donors (Lipinski definition) is 2. The number of nitrogens with one attached hydrogen (secondary N) is 2. The molecule has 2 amide bonds. The van der Waals surface area contributed by atoms with Gasteiger partial charge in [0.1, 0.15) is 17.0 Å². The number of imidazole rings is 1. The van der Waals surface area contributed by atoms with Gasteiger partial charge in [0.05, 0.1) is 11.7 Å². The van der Waals surface area contributed by atoms with Gasteiger partial charge in [0, 0.05) is 18.0 Å². The van der Waals surface area contributed by atoms with Crippen molar-refractivity contribution in [2.45, 2.75) is 37.9 Å². The van der Waals surface area contributed by atoms with Crippen LogP contribution in [0.1, 0.15) is 51.4 Å². The SMILES string of the molecule is Cc1ccn2c(C(=O)Nc3ccc(C4(NC(=O)c5cccc(OCC(F)(F)F)n5)CCC4)cc3)cnc2c1. The van der Waals surface area contributed by atoms with Crippen LogP contribution in [0.25, 0.3) is 5.65 Å². The number of anilines is 1. The van der Waals surface area contributed by atoms with Crippen LogP contribution in [0.3, 0.4) is 0 Å². The van der Waals surface area contributed by atoms with Gasteiger partial charge in [-0.2, -0.15) is 13.2 Å².